The number of carbonyl (C=O) groups is 2. The van der Waals surface area contributed by atoms with E-state index in [0.29, 0.717) is 12.3 Å². The first-order chi connectivity index (χ1) is 9.40. The molecule has 1 rings (SSSR count). The maximum absolute atomic E-state index is 11.9. The van der Waals surface area contributed by atoms with Crippen molar-refractivity contribution in [3.05, 3.63) is 0 Å². The number of carboxylic acids is 1. The Balaban J connectivity index is 2.41. The number of carboxylic acid groups (broad SMARTS) is 1. The standard InChI is InChI=1S/C15H28N2O3/c1-10(2)9-13(14(18)19)17-15(20)16-11(3)12-7-5-4-6-8-12/h10-13H,4-9H2,1-3H3,(H,18,19)(H2,16,17,20)/t11?,13-/m0/s1. The summed E-state index contributed by atoms with van der Waals surface area (Å²) >= 11 is 0. The molecule has 0 saturated heterocycles. The lowest BCUT2D eigenvalue weighted by Crippen LogP contribution is -2.50. The Morgan fingerprint density at radius 3 is 2.20 bits per heavy atom. The zero-order valence-electron chi connectivity index (χ0n) is 12.8. The molecule has 0 spiro atoms. The average molecular weight is 284 g/mol. The Hall–Kier alpha value is -1.26. The zero-order valence-corrected chi connectivity index (χ0v) is 12.8. The van der Waals surface area contributed by atoms with Gasteiger partial charge in [0, 0.05) is 6.04 Å². The summed E-state index contributed by atoms with van der Waals surface area (Å²) in [5.41, 5.74) is 0. The second-order valence-electron chi connectivity index (χ2n) is 6.32. The van der Waals surface area contributed by atoms with Gasteiger partial charge in [-0.1, -0.05) is 33.1 Å². The van der Waals surface area contributed by atoms with Gasteiger partial charge in [-0.05, 0) is 38.0 Å². The van der Waals surface area contributed by atoms with Gasteiger partial charge in [-0.3, -0.25) is 0 Å². The molecule has 1 saturated carbocycles. The molecule has 0 aliphatic heterocycles. The lowest BCUT2D eigenvalue weighted by atomic mass is 9.84. The molecular weight excluding hydrogens is 256 g/mol. The fraction of sp³-hybridized carbons (Fsp3) is 0.867. The molecule has 0 aromatic carbocycles. The van der Waals surface area contributed by atoms with Crippen LogP contribution in [0.1, 0.15) is 59.3 Å². The quantitative estimate of drug-likeness (QED) is 0.701. The van der Waals surface area contributed by atoms with Gasteiger partial charge in [0.2, 0.25) is 0 Å². The molecule has 1 aliphatic rings. The minimum Gasteiger partial charge on any atom is -0.480 e. The van der Waals surface area contributed by atoms with Crippen molar-refractivity contribution in [1.29, 1.82) is 0 Å². The highest BCUT2D eigenvalue weighted by molar-refractivity contribution is 5.82. The molecule has 0 radical (unpaired) electrons. The summed E-state index contributed by atoms with van der Waals surface area (Å²) in [5.74, 6) is -0.228. The van der Waals surface area contributed by atoms with E-state index in [2.05, 4.69) is 10.6 Å². The highest BCUT2D eigenvalue weighted by Gasteiger charge is 2.24. The van der Waals surface area contributed by atoms with Crippen LogP contribution < -0.4 is 10.6 Å². The molecule has 20 heavy (non-hydrogen) atoms. The van der Waals surface area contributed by atoms with E-state index in [9.17, 15) is 9.59 Å². The SMILES string of the molecule is CC(C)C[C@H](NC(=O)NC(C)C1CCCCC1)C(=O)O. The monoisotopic (exact) mass is 284 g/mol. The minimum absolute atomic E-state index is 0.101. The number of carbonyl (C=O) groups excluding carboxylic acids is 1. The lowest BCUT2D eigenvalue weighted by molar-refractivity contribution is -0.139. The largest absolute Gasteiger partial charge is 0.480 e. The first-order valence-corrected chi connectivity index (χ1v) is 7.70. The van der Waals surface area contributed by atoms with Gasteiger partial charge in [0.05, 0.1) is 0 Å². The predicted octanol–water partition coefficient (Wildman–Crippen LogP) is 2.75. The van der Waals surface area contributed by atoms with Gasteiger partial charge in [0.25, 0.3) is 0 Å². The van der Waals surface area contributed by atoms with Crippen molar-refractivity contribution in [3.8, 4) is 0 Å². The van der Waals surface area contributed by atoms with E-state index in [1.165, 1.54) is 19.3 Å². The number of aliphatic carboxylic acids is 1. The lowest BCUT2D eigenvalue weighted by Gasteiger charge is -2.28. The number of rotatable bonds is 6. The number of hydrogen-bond acceptors (Lipinski definition) is 2. The van der Waals surface area contributed by atoms with Crippen LogP contribution in [-0.2, 0) is 4.79 Å². The Morgan fingerprint density at radius 2 is 1.70 bits per heavy atom. The second-order valence-corrected chi connectivity index (χ2v) is 6.32. The van der Waals surface area contributed by atoms with Crippen LogP contribution >= 0.6 is 0 Å². The number of hydrogen-bond donors (Lipinski definition) is 3. The van der Waals surface area contributed by atoms with Crippen molar-refractivity contribution in [3.63, 3.8) is 0 Å². The Morgan fingerprint density at radius 1 is 1.10 bits per heavy atom. The molecule has 0 aromatic heterocycles. The van der Waals surface area contributed by atoms with Crippen molar-refractivity contribution < 1.29 is 14.7 Å². The molecule has 1 unspecified atom stereocenters. The Labute approximate surface area is 121 Å². The van der Waals surface area contributed by atoms with E-state index in [1.807, 2.05) is 20.8 Å². The van der Waals surface area contributed by atoms with Crippen LogP contribution in [-0.4, -0.2) is 29.2 Å². The molecule has 5 heteroatoms. The predicted molar refractivity (Wildman–Crippen MR) is 78.6 cm³/mol. The molecule has 0 aromatic rings. The van der Waals surface area contributed by atoms with Gasteiger partial charge < -0.3 is 15.7 Å². The first-order valence-electron chi connectivity index (χ1n) is 7.70. The Kier molecular flexibility index (Phi) is 6.82. The molecule has 116 valence electrons. The van der Waals surface area contributed by atoms with Crippen LogP contribution in [0.15, 0.2) is 0 Å². The van der Waals surface area contributed by atoms with Crippen molar-refractivity contribution in [2.75, 3.05) is 0 Å². The summed E-state index contributed by atoms with van der Waals surface area (Å²) in [4.78, 5) is 23.0. The highest BCUT2D eigenvalue weighted by Crippen LogP contribution is 2.26. The fourth-order valence-electron chi connectivity index (χ4n) is 2.85. The summed E-state index contributed by atoms with van der Waals surface area (Å²) < 4.78 is 0. The normalized spacial score (nSPS) is 19.4. The molecule has 1 aliphatic carbocycles. The zero-order chi connectivity index (χ0) is 15.1. The fourth-order valence-corrected chi connectivity index (χ4v) is 2.85. The molecule has 1 fully saturated rings. The number of urea groups is 1. The van der Waals surface area contributed by atoms with Crippen LogP contribution in [0.5, 0.6) is 0 Å². The van der Waals surface area contributed by atoms with E-state index in [0.717, 1.165) is 12.8 Å². The van der Waals surface area contributed by atoms with E-state index in [1.54, 1.807) is 0 Å². The second kappa shape index (κ2) is 8.12. The van der Waals surface area contributed by atoms with Crippen molar-refractivity contribution in [1.82, 2.24) is 10.6 Å². The average Bonchev–Trinajstić information content (AvgIpc) is 2.38. The van der Waals surface area contributed by atoms with Gasteiger partial charge in [-0.25, -0.2) is 9.59 Å². The topological polar surface area (TPSA) is 78.4 Å². The van der Waals surface area contributed by atoms with Crippen LogP contribution in [0.25, 0.3) is 0 Å². The molecule has 2 amide bonds. The number of amides is 2. The third-order valence-electron chi connectivity index (χ3n) is 4.03. The molecule has 2 atom stereocenters. The first kappa shape index (κ1) is 16.8. The summed E-state index contributed by atoms with van der Waals surface area (Å²) in [6.45, 7) is 5.90. The van der Waals surface area contributed by atoms with E-state index in [-0.39, 0.29) is 18.0 Å². The molecule has 3 N–H and O–H groups in total. The number of nitrogens with one attached hydrogen (secondary N) is 2. The van der Waals surface area contributed by atoms with Crippen LogP contribution in [0.3, 0.4) is 0 Å². The molecular formula is C15H28N2O3. The van der Waals surface area contributed by atoms with Gasteiger partial charge in [0.1, 0.15) is 6.04 Å². The van der Waals surface area contributed by atoms with Gasteiger partial charge in [0.15, 0.2) is 0 Å². The van der Waals surface area contributed by atoms with Gasteiger partial charge in [-0.15, -0.1) is 0 Å². The summed E-state index contributed by atoms with van der Waals surface area (Å²) in [7, 11) is 0. The van der Waals surface area contributed by atoms with Crippen LogP contribution in [0.2, 0.25) is 0 Å². The van der Waals surface area contributed by atoms with Gasteiger partial charge in [-0.2, -0.15) is 0 Å². The van der Waals surface area contributed by atoms with E-state index < -0.39 is 12.0 Å². The highest BCUT2D eigenvalue weighted by atomic mass is 16.4. The molecule has 0 bridgehead atoms. The summed E-state index contributed by atoms with van der Waals surface area (Å²) in [5, 5.41) is 14.6. The van der Waals surface area contributed by atoms with Crippen LogP contribution in [0, 0.1) is 11.8 Å². The van der Waals surface area contributed by atoms with E-state index >= 15 is 0 Å². The summed E-state index contributed by atoms with van der Waals surface area (Å²) in [6, 6.07) is -1.08. The maximum atomic E-state index is 11.9. The third kappa shape index (κ3) is 5.80. The van der Waals surface area contributed by atoms with Crippen molar-refractivity contribution in [2.24, 2.45) is 11.8 Å². The molecule has 0 heterocycles. The third-order valence-corrected chi connectivity index (χ3v) is 4.03. The van der Waals surface area contributed by atoms with Crippen molar-refractivity contribution in [2.45, 2.75) is 71.4 Å². The van der Waals surface area contributed by atoms with Crippen LogP contribution in [0.4, 0.5) is 4.79 Å². The smallest absolute Gasteiger partial charge is 0.326 e. The van der Waals surface area contributed by atoms with E-state index in [4.69, 9.17) is 5.11 Å². The van der Waals surface area contributed by atoms with Crippen molar-refractivity contribution >= 4 is 12.0 Å². The van der Waals surface area contributed by atoms with Gasteiger partial charge >= 0.3 is 12.0 Å². The Bertz CT molecular complexity index is 325. The maximum Gasteiger partial charge on any atom is 0.326 e. The minimum atomic E-state index is -0.973. The summed E-state index contributed by atoms with van der Waals surface area (Å²) in [6.07, 6.45) is 6.48. The molecule has 5 nitrogen and oxygen atoms in total.